The van der Waals surface area contributed by atoms with Crippen molar-refractivity contribution in [2.45, 2.75) is 38.8 Å². The van der Waals surface area contributed by atoms with Gasteiger partial charge >= 0.3 is 0 Å². The number of hydrogen-bond donors (Lipinski definition) is 1. The van der Waals surface area contributed by atoms with Gasteiger partial charge in [-0.05, 0) is 26.8 Å². The topological polar surface area (TPSA) is 49.6 Å². The molecular weight excluding hydrogens is 190 g/mol. The van der Waals surface area contributed by atoms with E-state index in [1.54, 1.807) is 4.90 Å². The Morgan fingerprint density at radius 3 is 2.60 bits per heavy atom. The van der Waals surface area contributed by atoms with Crippen LogP contribution in [0.5, 0.6) is 0 Å². The minimum absolute atomic E-state index is 0.0548. The minimum Gasteiger partial charge on any atom is -0.344 e. The van der Waals surface area contributed by atoms with Crippen molar-refractivity contribution in [1.29, 1.82) is 0 Å². The Balaban J connectivity index is 2.99. The highest BCUT2D eigenvalue weighted by molar-refractivity contribution is 5.82. The van der Waals surface area contributed by atoms with Crippen LogP contribution in [-0.2, 0) is 4.79 Å². The van der Waals surface area contributed by atoms with Crippen LogP contribution in [0.3, 0.4) is 0 Å². The smallest absolute Gasteiger partial charge is 0.240 e. The van der Waals surface area contributed by atoms with Crippen LogP contribution in [-0.4, -0.2) is 54.0 Å². The Labute approximate surface area is 92.4 Å². The van der Waals surface area contributed by atoms with Gasteiger partial charge in [-0.25, -0.2) is 0 Å². The van der Waals surface area contributed by atoms with Crippen LogP contribution >= 0.6 is 0 Å². The number of hydrogen-bond acceptors (Lipinski definition) is 3. The van der Waals surface area contributed by atoms with Gasteiger partial charge in [0.15, 0.2) is 0 Å². The Morgan fingerprint density at radius 2 is 2.13 bits per heavy atom. The lowest BCUT2D eigenvalue weighted by Crippen LogP contribution is -2.55. The molecule has 0 aliphatic carbocycles. The Bertz CT molecular complexity index is 240. The summed E-state index contributed by atoms with van der Waals surface area (Å²) in [5, 5.41) is 0. The summed E-state index contributed by atoms with van der Waals surface area (Å²) in [7, 11) is 1.86. The number of rotatable bonds is 2. The highest BCUT2D eigenvalue weighted by Crippen LogP contribution is 2.25. The van der Waals surface area contributed by atoms with Gasteiger partial charge in [0, 0.05) is 25.7 Å². The fraction of sp³-hybridized carbons (Fsp3) is 0.909. The summed E-state index contributed by atoms with van der Waals surface area (Å²) in [5.41, 5.74) is 5.78. The average molecular weight is 213 g/mol. The van der Waals surface area contributed by atoms with Crippen LogP contribution in [0.25, 0.3) is 0 Å². The maximum Gasteiger partial charge on any atom is 0.240 e. The molecule has 1 aliphatic heterocycles. The molecule has 0 radical (unpaired) electrons. The SMILES string of the molecule is CCN1C(CN)C(=O)N(C)CCC1(C)C. The van der Waals surface area contributed by atoms with Crippen LogP contribution in [0, 0.1) is 0 Å². The van der Waals surface area contributed by atoms with Crippen molar-refractivity contribution in [2.75, 3.05) is 26.7 Å². The van der Waals surface area contributed by atoms with Crippen molar-refractivity contribution in [3.05, 3.63) is 0 Å². The van der Waals surface area contributed by atoms with Gasteiger partial charge in [0.2, 0.25) is 5.91 Å². The van der Waals surface area contributed by atoms with Gasteiger partial charge < -0.3 is 10.6 Å². The molecule has 1 heterocycles. The van der Waals surface area contributed by atoms with E-state index in [9.17, 15) is 4.79 Å². The van der Waals surface area contributed by atoms with Gasteiger partial charge in [0.1, 0.15) is 6.04 Å². The molecule has 1 saturated heterocycles. The lowest BCUT2D eigenvalue weighted by atomic mass is 9.97. The van der Waals surface area contributed by atoms with Gasteiger partial charge in [-0.15, -0.1) is 0 Å². The molecule has 4 heteroatoms. The summed E-state index contributed by atoms with van der Waals surface area (Å²) in [6.07, 6.45) is 1.000. The number of nitrogens with two attached hydrogens (primary N) is 1. The van der Waals surface area contributed by atoms with Gasteiger partial charge in [0.25, 0.3) is 0 Å². The summed E-state index contributed by atoms with van der Waals surface area (Å²) in [5.74, 6) is 0.157. The first-order valence-electron chi connectivity index (χ1n) is 5.66. The number of amides is 1. The number of carbonyl (C=O) groups excluding carboxylic acids is 1. The van der Waals surface area contributed by atoms with E-state index in [4.69, 9.17) is 5.73 Å². The molecule has 0 aromatic carbocycles. The van der Waals surface area contributed by atoms with E-state index in [0.29, 0.717) is 6.54 Å². The standard InChI is InChI=1S/C11H23N3O/c1-5-14-9(8-12)10(15)13(4)7-6-11(14,2)3/h9H,5-8,12H2,1-4H3. The first-order chi connectivity index (χ1) is 6.94. The van der Waals surface area contributed by atoms with Gasteiger partial charge in [-0.1, -0.05) is 6.92 Å². The number of nitrogens with zero attached hydrogens (tertiary/aromatic N) is 2. The maximum atomic E-state index is 12.0. The van der Waals surface area contributed by atoms with E-state index in [1.165, 1.54) is 0 Å². The van der Waals surface area contributed by atoms with Crippen LogP contribution in [0.4, 0.5) is 0 Å². The third-order valence-electron chi connectivity index (χ3n) is 3.44. The van der Waals surface area contributed by atoms with Crippen molar-refractivity contribution >= 4 is 5.91 Å². The summed E-state index contributed by atoms with van der Waals surface area (Å²) in [4.78, 5) is 16.1. The Kier molecular flexibility index (Phi) is 3.73. The molecule has 1 atom stereocenters. The molecule has 0 saturated carbocycles. The molecule has 0 aromatic rings. The normalized spacial score (nSPS) is 27.9. The van der Waals surface area contributed by atoms with Crippen LogP contribution in [0.1, 0.15) is 27.2 Å². The van der Waals surface area contributed by atoms with Crippen molar-refractivity contribution in [3.63, 3.8) is 0 Å². The van der Waals surface area contributed by atoms with E-state index in [-0.39, 0.29) is 17.5 Å². The number of likely N-dealkylation sites (N-methyl/N-ethyl adjacent to an activating group) is 2. The van der Waals surface area contributed by atoms with Crippen LogP contribution in [0.2, 0.25) is 0 Å². The summed E-state index contributed by atoms with van der Waals surface area (Å²) in [6, 6.07) is -0.155. The zero-order chi connectivity index (χ0) is 11.6. The zero-order valence-corrected chi connectivity index (χ0v) is 10.3. The molecular formula is C11H23N3O. The van der Waals surface area contributed by atoms with Crippen molar-refractivity contribution in [3.8, 4) is 0 Å². The lowest BCUT2D eigenvalue weighted by molar-refractivity contribution is -0.134. The summed E-state index contributed by atoms with van der Waals surface area (Å²) >= 11 is 0. The predicted molar refractivity (Wildman–Crippen MR) is 61.6 cm³/mol. The monoisotopic (exact) mass is 213 g/mol. The van der Waals surface area contributed by atoms with E-state index in [1.807, 2.05) is 7.05 Å². The van der Waals surface area contributed by atoms with Crippen molar-refractivity contribution < 1.29 is 4.79 Å². The fourth-order valence-electron chi connectivity index (χ4n) is 2.38. The third kappa shape index (κ3) is 2.32. The largest absolute Gasteiger partial charge is 0.344 e. The average Bonchev–Trinajstić information content (AvgIpc) is 2.27. The van der Waals surface area contributed by atoms with E-state index in [0.717, 1.165) is 19.5 Å². The second-order valence-electron chi connectivity index (χ2n) is 4.86. The molecule has 4 nitrogen and oxygen atoms in total. The van der Waals surface area contributed by atoms with Crippen molar-refractivity contribution in [1.82, 2.24) is 9.80 Å². The summed E-state index contributed by atoms with van der Waals surface area (Å²) < 4.78 is 0. The zero-order valence-electron chi connectivity index (χ0n) is 10.3. The molecule has 1 fully saturated rings. The Morgan fingerprint density at radius 1 is 1.53 bits per heavy atom. The molecule has 1 rings (SSSR count). The highest BCUT2D eigenvalue weighted by atomic mass is 16.2. The number of carbonyl (C=O) groups is 1. The molecule has 2 N–H and O–H groups in total. The molecule has 88 valence electrons. The van der Waals surface area contributed by atoms with E-state index >= 15 is 0 Å². The molecule has 15 heavy (non-hydrogen) atoms. The van der Waals surface area contributed by atoms with Gasteiger partial charge in [-0.2, -0.15) is 0 Å². The van der Waals surface area contributed by atoms with Gasteiger partial charge in [-0.3, -0.25) is 9.69 Å². The first-order valence-corrected chi connectivity index (χ1v) is 5.66. The second kappa shape index (κ2) is 4.49. The maximum absolute atomic E-state index is 12.0. The predicted octanol–water partition coefficient (Wildman–Crippen LogP) is 0.276. The molecule has 0 bridgehead atoms. The fourth-order valence-corrected chi connectivity index (χ4v) is 2.38. The lowest BCUT2D eigenvalue weighted by Gasteiger charge is -2.39. The highest BCUT2D eigenvalue weighted by Gasteiger charge is 2.38. The van der Waals surface area contributed by atoms with Crippen molar-refractivity contribution in [2.24, 2.45) is 5.73 Å². The molecule has 1 aliphatic rings. The molecule has 0 spiro atoms. The quantitative estimate of drug-likeness (QED) is 0.716. The molecule has 0 aromatic heterocycles. The summed E-state index contributed by atoms with van der Waals surface area (Å²) in [6.45, 7) is 8.55. The molecule has 1 amide bonds. The first kappa shape index (κ1) is 12.5. The van der Waals surface area contributed by atoms with E-state index < -0.39 is 0 Å². The second-order valence-corrected chi connectivity index (χ2v) is 4.86. The van der Waals surface area contributed by atoms with Crippen LogP contribution < -0.4 is 5.73 Å². The Hall–Kier alpha value is -0.610. The third-order valence-corrected chi connectivity index (χ3v) is 3.44. The minimum atomic E-state index is -0.155. The van der Waals surface area contributed by atoms with E-state index in [2.05, 4.69) is 25.7 Å². The van der Waals surface area contributed by atoms with Gasteiger partial charge in [0.05, 0.1) is 0 Å². The van der Waals surface area contributed by atoms with Crippen LogP contribution in [0.15, 0.2) is 0 Å². The molecule has 1 unspecified atom stereocenters.